The van der Waals surface area contributed by atoms with Gasteiger partial charge in [0.2, 0.25) is 5.91 Å². The van der Waals surface area contributed by atoms with Crippen LogP contribution >= 0.6 is 11.6 Å². The summed E-state index contributed by atoms with van der Waals surface area (Å²) in [5.41, 5.74) is 3.26. The maximum absolute atomic E-state index is 12.5. The molecule has 29 heavy (non-hydrogen) atoms. The molecule has 5 heteroatoms. The molecule has 3 rings (SSSR count). The second-order valence-corrected chi connectivity index (χ2v) is 8.81. The van der Waals surface area contributed by atoms with Gasteiger partial charge in [-0.2, -0.15) is 0 Å². The molecule has 0 saturated carbocycles. The highest BCUT2D eigenvalue weighted by Crippen LogP contribution is 2.37. The number of rotatable bonds is 8. The van der Waals surface area contributed by atoms with Crippen molar-refractivity contribution in [1.82, 2.24) is 4.90 Å². The van der Waals surface area contributed by atoms with Crippen molar-refractivity contribution in [3.05, 3.63) is 64.2 Å². The summed E-state index contributed by atoms with van der Waals surface area (Å²) in [7, 11) is 0. The van der Waals surface area contributed by atoms with E-state index in [0.29, 0.717) is 19.4 Å². The van der Waals surface area contributed by atoms with Crippen LogP contribution in [0.1, 0.15) is 43.9 Å². The number of nitrogens with zero attached hydrogens (tertiary/aromatic N) is 1. The lowest BCUT2D eigenvalue weighted by Crippen LogP contribution is -2.39. The summed E-state index contributed by atoms with van der Waals surface area (Å²) in [6.45, 7) is 6.47. The van der Waals surface area contributed by atoms with Crippen LogP contribution in [-0.4, -0.2) is 40.7 Å². The summed E-state index contributed by atoms with van der Waals surface area (Å²) < 4.78 is 6.27. The standard InChI is InChI=1S/C24H30ClNO3/c1-17(2)26(12-13-27)23(28)11-7-18-6-10-22-20(14-18)16-24(3,29-22)15-19-4-8-21(25)9-5-19/h4-6,8-10,14,17,27H,7,11-13,15-16H2,1-3H3. The molecule has 1 aliphatic rings. The molecule has 0 spiro atoms. The Hall–Kier alpha value is -2.04. The Bertz CT molecular complexity index is 850. The largest absolute Gasteiger partial charge is 0.487 e. The van der Waals surface area contributed by atoms with Crippen LogP contribution in [0.25, 0.3) is 0 Å². The smallest absolute Gasteiger partial charge is 0.223 e. The van der Waals surface area contributed by atoms with Crippen molar-refractivity contribution in [2.45, 2.75) is 58.1 Å². The molecule has 0 aromatic heterocycles. The van der Waals surface area contributed by atoms with Crippen molar-refractivity contribution in [2.75, 3.05) is 13.2 Å². The lowest BCUT2D eigenvalue weighted by molar-refractivity contribution is -0.133. The highest BCUT2D eigenvalue weighted by molar-refractivity contribution is 6.30. The van der Waals surface area contributed by atoms with Gasteiger partial charge in [0.1, 0.15) is 11.4 Å². The van der Waals surface area contributed by atoms with E-state index in [0.717, 1.165) is 29.2 Å². The molecule has 1 aliphatic heterocycles. The number of hydrogen-bond donors (Lipinski definition) is 1. The van der Waals surface area contributed by atoms with Crippen LogP contribution in [-0.2, 0) is 24.1 Å². The van der Waals surface area contributed by atoms with Crippen LogP contribution in [0.5, 0.6) is 5.75 Å². The molecule has 0 bridgehead atoms. The van der Waals surface area contributed by atoms with Crippen LogP contribution in [0.4, 0.5) is 0 Å². The van der Waals surface area contributed by atoms with E-state index < -0.39 is 0 Å². The van der Waals surface area contributed by atoms with Gasteiger partial charge >= 0.3 is 0 Å². The lowest BCUT2D eigenvalue weighted by Gasteiger charge is -2.26. The highest BCUT2D eigenvalue weighted by atomic mass is 35.5. The van der Waals surface area contributed by atoms with Crippen molar-refractivity contribution in [3.8, 4) is 5.75 Å². The molecule has 1 unspecified atom stereocenters. The number of aliphatic hydroxyl groups excluding tert-OH is 1. The van der Waals surface area contributed by atoms with Gasteiger partial charge in [0.25, 0.3) is 0 Å². The van der Waals surface area contributed by atoms with Crippen molar-refractivity contribution >= 4 is 17.5 Å². The molecule has 0 saturated heterocycles. The first kappa shape index (κ1) is 21.7. The third-order valence-corrected chi connectivity index (χ3v) is 5.70. The number of aliphatic hydroxyl groups is 1. The van der Waals surface area contributed by atoms with Gasteiger partial charge in [-0.3, -0.25) is 4.79 Å². The van der Waals surface area contributed by atoms with Gasteiger partial charge in [-0.25, -0.2) is 0 Å². The summed E-state index contributed by atoms with van der Waals surface area (Å²) in [4.78, 5) is 14.2. The number of ether oxygens (including phenoxy) is 1. The van der Waals surface area contributed by atoms with Crippen molar-refractivity contribution in [2.24, 2.45) is 0 Å². The Morgan fingerprint density at radius 1 is 1.21 bits per heavy atom. The second kappa shape index (κ2) is 9.19. The van der Waals surface area contributed by atoms with Gasteiger partial charge in [-0.05, 0) is 62.1 Å². The molecule has 156 valence electrons. The fraction of sp³-hybridized carbons (Fsp3) is 0.458. The Kier molecular flexibility index (Phi) is 6.86. The maximum atomic E-state index is 12.5. The van der Waals surface area contributed by atoms with Gasteiger partial charge in [-0.1, -0.05) is 35.9 Å². The topological polar surface area (TPSA) is 49.8 Å². The van der Waals surface area contributed by atoms with E-state index in [1.807, 2.05) is 50.2 Å². The fourth-order valence-electron chi connectivity index (χ4n) is 4.04. The zero-order valence-electron chi connectivity index (χ0n) is 17.5. The summed E-state index contributed by atoms with van der Waals surface area (Å²) in [5.74, 6) is 1.01. The third kappa shape index (κ3) is 5.52. The molecule has 0 fully saturated rings. The predicted molar refractivity (Wildman–Crippen MR) is 117 cm³/mol. The first-order chi connectivity index (χ1) is 13.8. The normalized spacial score (nSPS) is 17.9. The Morgan fingerprint density at radius 3 is 2.55 bits per heavy atom. The zero-order valence-corrected chi connectivity index (χ0v) is 18.2. The number of amides is 1. The quantitative estimate of drug-likeness (QED) is 0.693. The molecular weight excluding hydrogens is 386 g/mol. The number of fused-ring (bicyclic) bond motifs is 1. The van der Waals surface area contributed by atoms with E-state index in [1.165, 1.54) is 11.1 Å². The Morgan fingerprint density at radius 2 is 1.90 bits per heavy atom. The first-order valence-corrected chi connectivity index (χ1v) is 10.6. The van der Waals surface area contributed by atoms with Crippen LogP contribution in [0.15, 0.2) is 42.5 Å². The number of halogens is 1. The highest BCUT2D eigenvalue weighted by Gasteiger charge is 2.35. The van der Waals surface area contributed by atoms with Gasteiger partial charge in [-0.15, -0.1) is 0 Å². The van der Waals surface area contributed by atoms with Gasteiger partial charge in [0.05, 0.1) is 6.61 Å². The number of carbonyl (C=O) groups excluding carboxylic acids is 1. The molecule has 0 aliphatic carbocycles. The minimum atomic E-state index is -0.278. The maximum Gasteiger partial charge on any atom is 0.223 e. The first-order valence-electron chi connectivity index (χ1n) is 10.3. The monoisotopic (exact) mass is 415 g/mol. The molecular formula is C24H30ClNO3. The molecule has 4 nitrogen and oxygen atoms in total. The average molecular weight is 416 g/mol. The molecule has 1 atom stereocenters. The average Bonchev–Trinajstić information content (AvgIpc) is 3.00. The fourth-order valence-corrected chi connectivity index (χ4v) is 4.16. The number of aryl methyl sites for hydroxylation is 1. The van der Waals surface area contributed by atoms with E-state index in [4.69, 9.17) is 16.3 Å². The Labute approximate surface area is 178 Å². The molecule has 1 amide bonds. The van der Waals surface area contributed by atoms with Gasteiger partial charge in [0, 0.05) is 36.9 Å². The van der Waals surface area contributed by atoms with Crippen molar-refractivity contribution < 1.29 is 14.6 Å². The summed E-state index contributed by atoms with van der Waals surface area (Å²) in [6.07, 6.45) is 2.79. The van der Waals surface area contributed by atoms with Crippen LogP contribution in [0, 0.1) is 0 Å². The van der Waals surface area contributed by atoms with Gasteiger partial charge < -0.3 is 14.7 Å². The minimum Gasteiger partial charge on any atom is -0.487 e. The number of hydrogen-bond acceptors (Lipinski definition) is 3. The van der Waals surface area contributed by atoms with Crippen LogP contribution < -0.4 is 4.74 Å². The second-order valence-electron chi connectivity index (χ2n) is 8.38. The van der Waals surface area contributed by atoms with E-state index in [-0.39, 0.29) is 24.2 Å². The van der Waals surface area contributed by atoms with Crippen molar-refractivity contribution in [3.63, 3.8) is 0 Å². The van der Waals surface area contributed by atoms with E-state index in [1.54, 1.807) is 4.90 Å². The third-order valence-electron chi connectivity index (χ3n) is 5.45. The van der Waals surface area contributed by atoms with Gasteiger partial charge in [0.15, 0.2) is 0 Å². The van der Waals surface area contributed by atoms with Crippen LogP contribution in [0.2, 0.25) is 5.02 Å². The van der Waals surface area contributed by atoms with Crippen LogP contribution in [0.3, 0.4) is 0 Å². The molecule has 2 aromatic carbocycles. The number of benzene rings is 2. The van der Waals surface area contributed by atoms with Crippen molar-refractivity contribution in [1.29, 1.82) is 0 Å². The summed E-state index contributed by atoms with van der Waals surface area (Å²) >= 11 is 5.99. The predicted octanol–water partition coefficient (Wildman–Crippen LogP) is 4.44. The van der Waals surface area contributed by atoms with E-state index >= 15 is 0 Å². The Balaban J connectivity index is 1.62. The SMILES string of the molecule is CC(C)N(CCO)C(=O)CCc1ccc2c(c1)CC(C)(Cc1ccc(Cl)cc1)O2. The molecule has 1 N–H and O–H groups in total. The van der Waals surface area contributed by atoms with E-state index in [9.17, 15) is 9.90 Å². The molecule has 1 heterocycles. The molecule has 0 radical (unpaired) electrons. The minimum absolute atomic E-state index is 0.00763. The van der Waals surface area contributed by atoms with E-state index in [2.05, 4.69) is 13.0 Å². The zero-order chi connectivity index (χ0) is 21.0. The number of carbonyl (C=O) groups is 1. The molecule has 2 aromatic rings. The summed E-state index contributed by atoms with van der Waals surface area (Å²) in [5, 5.41) is 9.92. The lowest BCUT2D eigenvalue weighted by atomic mass is 9.91. The summed E-state index contributed by atoms with van der Waals surface area (Å²) in [6, 6.07) is 14.2.